The Kier molecular flexibility index (Phi) is 4.93. The van der Waals surface area contributed by atoms with Crippen LogP contribution >= 0.6 is 0 Å². The van der Waals surface area contributed by atoms with Crippen molar-refractivity contribution in [2.75, 3.05) is 0 Å². The van der Waals surface area contributed by atoms with E-state index in [9.17, 15) is 14.7 Å². The molecule has 2 rings (SSSR count). The molecule has 0 aromatic carbocycles. The highest BCUT2D eigenvalue weighted by molar-refractivity contribution is 5.85. The summed E-state index contributed by atoms with van der Waals surface area (Å²) in [7, 11) is 0. The zero-order valence-corrected chi connectivity index (χ0v) is 14.3. The van der Waals surface area contributed by atoms with Crippen LogP contribution < -0.4 is 0 Å². The topological polar surface area (TPSA) is 63.6 Å². The second-order valence-corrected chi connectivity index (χ2v) is 7.77. The number of Topliss-reactive ketones (excluding diaryl/α,β-unsaturated/α-hetero) is 2. The Morgan fingerprint density at radius 2 is 1.95 bits per heavy atom. The van der Waals surface area contributed by atoms with Crippen LogP contribution in [0.5, 0.6) is 0 Å². The second kappa shape index (κ2) is 6.25. The van der Waals surface area contributed by atoms with E-state index in [2.05, 4.69) is 0 Å². The summed E-state index contributed by atoms with van der Waals surface area (Å²) in [6.07, 6.45) is 2.36. The Hall–Kier alpha value is -1.00. The predicted molar refractivity (Wildman–Crippen MR) is 84.4 cm³/mol. The first-order valence-electron chi connectivity index (χ1n) is 8.15. The standard InChI is InChI=1S/C18H28O4/c1-10(2)6-15(20)13-7-12(11(3)19)8-14-16(21)9-18(4,5)22-17(13)14/h6,12-15,17,20H,7-9H2,1-5H3/t12?,13?,14?,15-,17?/m0/s1. The largest absolute Gasteiger partial charge is 0.389 e. The van der Waals surface area contributed by atoms with Gasteiger partial charge in [-0.1, -0.05) is 11.6 Å². The molecule has 1 saturated carbocycles. The third kappa shape index (κ3) is 3.66. The summed E-state index contributed by atoms with van der Waals surface area (Å²) in [5.41, 5.74) is 0.528. The van der Waals surface area contributed by atoms with Crippen LogP contribution in [-0.2, 0) is 14.3 Å². The molecule has 1 N–H and O–H groups in total. The van der Waals surface area contributed by atoms with Crippen molar-refractivity contribution in [3.8, 4) is 0 Å². The van der Waals surface area contributed by atoms with Gasteiger partial charge in [-0.3, -0.25) is 9.59 Å². The van der Waals surface area contributed by atoms with Crippen LogP contribution in [0, 0.1) is 17.8 Å². The van der Waals surface area contributed by atoms with E-state index in [1.165, 1.54) is 0 Å². The van der Waals surface area contributed by atoms with Gasteiger partial charge in [0.1, 0.15) is 11.6 Å². The average Bonchev–Trinajstić information content (AvgIpc) is 2.35. The summed E-state index contributed by atoms with van der Waals surface area (Å²) in [5, 5.41) is 10.6. The predicted octanol–water partition coefficient (Wildman–Crippen LogP) is 2.68. The quantitative estimate of drug-likeness (QED) is 0.814. The lowest BCUT2D eigenvalue weighted by molar-refractivity contribution is -0.190. The number of hydrogen-bond acceptors (Lipinski definition) is 4. The van der Waals surface area contributed by atoms with Gasteiger partial charge in [0.15, 0.2) is 0 Å². The highest BCUT2D eigenvalue weighted by Crippen LogP contribution is 2.44. The minimum atomic E-state index is -0.679. The van der Waals surface area contributed by atoms with E-state index in [0.717, 1.165) is 5.57 Å². The van der Waals surface area contributed by atoms with Gasteiger partial charge < -0.3 is 9.84 Å². The molecule has 1 aliphatic carbocycles. The Morgan fingerprint density at radius 1 is 1.32 bits per heavy atom. The van der Waals surface area contributed by atoms with Gasteiger partial charge in [-0.15, -0.1) is 0 Å². The first kappa shape index (κ1) is 17.4. The summed E-state index contributed by atoms with van der Waals surface area (Å²) >= 11 is 0. The lowest BCUT2D eigenvalue weighted by Gasteiger charge is -2.48. The van der Waals surface area contributed by atoms with Crippen molar-refractivity contribution in [1.29, 1.82) is 0 Å². The molecule has 0 aromatic heterocycles. The van der Waals surface area contributed by atoms with Crippen molar-refractivity contribution in [2.45, 2.75) is 71.7 Å². The molecule has 124 valence electrons. The van der Waals surface area contributed by atoms with Crippen molar-refractivity contribution in [2.24, 2.45) is 17.8 Å². The molecule has 2 fully saturated rings. The first-order valence-corrected chi connectivity index (χ1v) is 8.15. The maximum absolute atomic E-state index is 12.5. The van der Waals surface area contributed by atoms with Crippen LogP contribution in [0.25, 0.3) is 0 Å². The lowest BCUT2D eigenvalue weighted by Crippen LogP contribution is -2.55. The minimum Gasteiger partial charge on any atom is -0.389 e. The van der Waals surface area contributed by atoms with Crippen LogP contribution in [0.15, 0.2) is 11.6 Å². The molecule has 2 aliphatic rings. The van der Waals surface area contributed by atoms with Gasteiger partial charge in [-0.2, -0.15) is 0 Å². The van der Waals surface area contributed by atoms with Crippen molar-refractivity contribution in [3.05, 3.63) is 11.6 Å². The van der Waals surface area contributed by atoms with Gasteiger partial charge in [0.2, 0.25) is 0 Å². The van der Waals surface area contributed by atoms with Crippen LogP contribution in [0.2, 0.25) is 0 Å². The number of ketones is 2. The van der Waals surface area contributed by atoms with E-state index in [0.29, 0.717) is 19.3 Å². The van der Waals surface area contributed by atoms with Crippen LogP contribution in [0.1, 0.15) is 53.9 Å². The van der Waals surface area contributed by atoms with E-state index >= 15 is 0 Å². The number of allylic oxidation sites excluding steroid dienone is 1. The highest BCUT2D eigenvalue weighted by atomic mass is 16.5. The fraction of sp³-hybridized carbons (Fsp3) is 0.778. The molecule has 1 aliphatic heterocycles. The molecule has 0 amide bonds. The van der Waals surface area contributed by atoms with Crippen molar-refractivity contribution in [3.63, 3.8) is 0 Å². The fourth-order valence-electron chi connectivity index (χ4n) is 3.87. The molecule has 5 atom stereocenters. The lowest BCUT2D eigenvalue weighted by atomic mass is 9.66. The first-order chi connectivity index (χ1) is 10.1. The molecule has 1 heterocycles. The number of aliphatic hydroxyl groups excluding tert-OH is 1. The number of carbonyl (C=O) groups excluding carboxylic acids is 2. The highest BCUT2D eigenvalue weighted by Gasteiger charge is 2.50. The smallest absolute Gasteiger partial charge is 0.141 e. The Balaban J connectivity index is 2.32. The van der Waals surface area contributed by atoms with Crippen LogP contribution in [-0.4, -0.2) is 34.5 Å². The average molecular weight is 308 g/mol. The number of ether oxygens (including phenoxy) is 1. The third-order valence-electron chi connectivity index (χ3n) is 4.90. The summed E-state index contributed by atoms with van der Waals surface area (Å²) in [5.74, 6) is -0.348. The zero-order valence-electron chi connectivity index (χ0n) is 14.3. The van der Waals surface area contributed by atoms with Gasteiger partial charge in [-0.05, 0) is 47.5 Å². The maximum atomic E-state index is 12.5. The molecule has 0 bridgehead atoms. The second-order valence-electron chi connectivity index (χ2n) is 7.77. The van der Waals surface area contributed by atoms with Crippen LogP contribution in [0.4, 0.5) is 0 Å². The number of aliphatic hydroxyl groups is 1. The van der Waals surface area contributed by atoms with E-state index in [1.54, 1.807) is 13.0 Å². The van der Waals surface area contributed by atoms with E-state index in [1.807, 2.05) is 27.7 Å². The van der Waals surface area contributed by atoms with Gasteiger partial charge in [0.25, 0.3) is 0 Å². The summed E-state index contributed by atoms with van der Waals surface area (Å²) < 4.78 is 6.17. The maximum Gasteiger partial charge on any atom is 0.141 e. The van der Waals surface area contributed by atoms with Gasteiger partial charge in [0.05, 0.1) is 17.8 Å². The number of carbonyl (C=O) groups is 2. The Labute approximate surface area is 132 Å². The van der Waals surface area contributed by atoms with Crippen molar-refractivity contribution in [1.82, 2.24) is 0 Å². The van der Waals surface area contributed by atoms with E-state index in [-0.39, 0.29) is 35.4 Å². The third-order valence-corrected chi connectivity index (χ3v) is 4.90. The summed E-state index contributed by atoms with van der Waals surface area (Å²) in [4.78, 5) is 24.4. The molecule has 1 saturated heterocycles. The Bertz CT molecular complexity index is 487. The molecular weight excluding hydrogens is 280 g/mol. The van der Waals surface area contributed by atoms with E-state index < -0.39 is 11.7 Å². The Morgan fingerprint density at radius 3 is 2.50 bits per heavy atom. The van der Waals surface area contributed by atoms with Crippen LogP contribution in [0.3, 0.4) is 0 Å². The molecule has 4 nitrogen and oxygen atoms in total. The summed E-state index contributed by atoms with van der Waals surface area (Å²) in [6, 6.07) is 0. The van der Waals surface area contributed by atoms with Crippen molar-refractivity contribution >= 4 is 11.6 Å². The van der Waals surface area contributed by atoms with Gasteiger partial charge >= 0.3 is 0 Å². The molecule has 0 radical (unpaired) electrons. The monoisotopic (exact) mass is 308 g/mol. The SMILES string of the molecule is CC(=O)C1CC2C(=O)CC(C)(C)OC2C([C@@H](O)C=C(C)C)C1. The molecule has 0 aromatic rings. The zero-order chi connectivity index (χ0) is 16.7. The van der Waals surface area contributed by atoms with E-state index in [4.69, 9.17) is 4.74 Å². The molecule has 22 heavy (non-hydrogen) atoms. The molecule has 0 spiro atoms. The molecular formula is C18H28O4. The number of fused-ring (bicyclic) bond motifs is 1. The summed E-state index contributed by atoms with van der Waals surface area (Å²) in [6.45, 7) is 9.28. The number of hydrogen-bond donors (Lipinski definition) is 1. The van der Waals surface area contributed by atoms with Gasteiger partial charge in [-0.25, -0.2) is 0 Å². The fourth-order valence-corrected chi connectivity index (χ4v) is 3.87. The van der Waals surface area contributed by atoms with Gasteiger partial charge in [0, 0.05) is 24.2 Å². The molecule has 4 heteroatoms. The minimum absolute atomic E-state index is 0.102. The molecule has 4 unspecified atom stereocenters. The normalized spacial score (nSPS) is 35.5. The van der Waals surface area contributed by atoms with Crippen molar-refractivity contribution < 1.29 is 19.4 Å². The number of rotatable bonds is 3.